The highest BCUT2D eigenvalue weighted by Gasteiger charge is 2.14. The van der Waals surface area contributed by atoms with Crippen molar-refractivity contribution < 1.29 is 9.53 Å². The summed E-state index contributed by atoms with van der Waals surface area (Å²) in [6, 6.07) is 10.1. The summed E-state index contributed by atoms with van der Waals surface area (Å²) in [5.74, 6) is 0.585. The maximum Gasteiger partial charge on any atom is 0.255 e. The number of hydrogen-bond acceptors (Lipinski definition) is 3. The molecule has 1 amide bonds. The summed E-state index contributed by atoms with van der Waals surface area (Å²) in [6.07, 6.45) is 0. The largest absolute Gasteiger partial charge is 0.455 e. The van der Waals surface area contributed by atoms with Gasteiger partial charge < -0.3 is 15.8 Å². The van der Waals surface area contributed by atoms with Crippen LogP contribution in [0.2, 0.25) is 5.02 Å². The Morgan fingerprint density at radius 2 is 2.05 bits per heavy atom. The molecule has 21 heavy (non-hydrogen) atoms. The smallest absolute Gasteiger partial charge is 0.255 e. The zero-order valence-corrected chi connectivity index (χ0v) is 13.7. The Labute approximate surface area is 136 Å². The van der Waals surface area contributed by atoms with Gasteiger partial charge in [-0.1, -0.05) is 27.5 Å². The van der Waals surface area contributed by atoms with Crippen LogP contribution in [0.3, 0.4) is 0 Å². The molecule has 2 rings (SSSR count). The molecule has 0 aromatic heterocycles. The van der Waals surface area contributed by atoms with Crippen molar-refractivity contribution in [2.75, 3.05) is 12.3 Å². The third kappa shape index (κ3) is 3.89. The average Bonchev–Trinajstić information content (AvgIpc) is 2.43. The van der Waals surface area contributed by atoms with Gasteiger partial charge in [0.25, 0.3) is 5.91 Å². The zero-order valence-electron chi connectivity index (χ0n) is 11.3. The lowest BCUT2D eigenvalue weighted by atomic mass is 10.1. The van der Waals surface area contributed by atoms with Gasteiger partial charge in [-0.2, -0.15) is 0 Å². The Morgan fingerprint density at radius 1 is 1.29 bits per heavy atom. The summed E-state index contributed by atoms with van der Waals surface area (Å²) in [7, 11) is 0. The highest BCUT2D eigenvalue weighted by atomic mass is 79.9. The molecule has 0 aliphatic rings. The average molecular weight is 370 g/mol. The second-order valence-electron chi connectivity index (χ2n) is 4.29. The van der Waals surface area contributed by atoms with Gasteiger partial charge in [0.1, 0.15) is 11.5 Å². The molecule has 0 heterocycles. The van der Waals surface area contributed by atoms with E-state index in [1.165, 1.54) is 0 Å². The lowest BCUT2D eigenvalue weighted by Crippen LogP contribution is -2.23. The number of rotatable bonds is 4. The number of benzene rings is 2. The fraction of sp³-hybridized carbons (Fsp3) is 0.133. The highest BCUT2D eigenvalue weighted by molar-refractivity contribution is 9.10. The molecule has 0 spiro atoms. The molecule has 0 saturated carbocycles. The van der Waals surface area contributed by atoms with Crippen molar-refractivity contribution in [2.45, 2.75) is 6.92 Å². The van der Waals surface area contributed by atoms with E-state index in [-0.39, 0.29) is 5.91 Å². The van der Waals surface area contributed by atoms with Crippen LogP contribution in [0.15, 0.2) is 40.9 Å². The lowest BCUT2D eigenvalue weighted by molar-refractivity contribution is 0.0953. The predicted octanol–water partition coefficient (Wildman–Crippen LogP) is 4.23. The first-order valence-electron chi connectivity index (χ1n) is 6.32. The zero-order chi connectivity index (χ0) is 15.4. The minimum Gasteiger partial charge on any atom is -0.455 e. The number of anilines is 1. The maximum atomic E-state index is 12.0. The molecule has 2 aromatic carbocycles. The molecule has 0 aliphatic carbocycles. The normalized spacial score (nSPS) is 10.2. The van der Waals surface area contributed by atoms with Crippen molar-refractivity contribution in [1.82, 2.24) is 5.32 Å². The molecule has 0 bridgehead atoms. The van der Waals surface area contributed by atoms with E-state index in [0.29, 0.717) is 34.3 Å². The van der Waals surface area contributed by atoms with Crippen molar-refractivity contribution >= 4 is 39.1 Å². The van der Waals surface area contributed by atoms with Gasteiger partial charge in [-0.05, 0) is 37.3 Å². The van der Waals surface area contributed by atoms with Crippen LogP contribution < -0.4 is 15.8 Å². The van der Waals surface area contributed by atoms with Crippen LogP contribution in [0, 0.1) is 0 Å². The Hall–Kier alpha value is -1.72. The van der Waals surface area contributed by atoms with E-state index in [1.54, 1.807) is 36.4 Å². The van der Waals surface area contributed by atoms with E-state index in [1.807, 2.05) is 6.92 Å². The van der Waals surface area contributed by atoms with Crippen molar-refractivity contribution in [1.29, 1.82) is 0 Å². The molecule has 6 heteroatoms. The summed E-state index contributed by atoms with van der Waals surface area (Å²) in [6.45, 7) is 2.38. The molecule has 110 valence electrons. The molecule has 4 nitrogen and oxygen atoms in total. The van der Waals surface area contributed by atoms with Crippen molar-refractivity contribution in [3.8, 4) is 11.5 Å². The van der Waals surface area contributed by atoms with Gasteiger partial charge in [-0.3, -0.25) is 4.79 Å². The summed E-state index contributed by atoms with van der Waals surface area (Å²) in [5, 5.41) is 3.18. The van der Waals surface area contributed by atoms with Crippen LogP contribution in [-0.2, 0) is 0 Å². The van der Waals surface area contributed by atoms with Crippen molar-refractivity contribution in [3.63, 3.8) is 0 Å². The third-order valence-corrected chi connectivity index (χ3v) is 3.51. The van der Waals surface area contributed by atoms with Gasteiger partial charge in [0, 0.05) is 22.8 Å². The maximum absolute atomic E-state index is 12.0. The number of nitrogens with one attached hydrogen (secondary N) is 1. The number of hydrogen-bond donors (Lipinski definition) is 2. The van der Waals surface area contributed by atoms with Crippen LogP contribution in [0.1, 0.15) is 17.3 Å². The third-order valence-electron chi connectivity index (χ3n) is 2.70. The number of carbonyl (C=O) groups is 1. The number of halogens is 2. The first-order valence-corrected chi connectivity index (χ1v) is 7.49. The molecular formula is C15H14BrClN2O2. The Balaban J connectivity index is 2.40. The number of nitrogens with two attached hydrogens (primary N) is 1. The molecule has 0 radical (unpaired) electrons. The number of nitrogen functional groups attached to an aromatic ring is 1. The van der Waals surface area contributed by atoms with Crippen LogP contribution in [0.5, 0.6) is 11.5 Å². The second-order valence-corrected chi connectivity index (χ2v) is 5.61. The number of amides is 1. The van der Waals surface area contributed by atoms with Crippen LogP contribution >= 0.6 is 27.5 Å². The molecule has 0 atom stereocenters. The van der Waals surface area contributed by atoms with E-state index in [4.69, 9.17) is 22.1 Å². The quantitative estimate of drug-likeness (QED) is 0.793. The molecule has 0 fully saturated rings. The molecule has 0 saturated heterocycles. The Kier molecular flexibility index (Phi) is 5.09. The molecular weight excluding hydrogens is 356 g/mol. The highest BCUT2D eigenvalue weighted by Crippen LogP contribution is 2.34. The van der Waals surface area contributed by atoms with Crippen LogP contribution in [0.4, 0.5) is 5.69 Å². The Bertz CT molecular complexity index is 677. The summed E-state index contributed by atoms with van der Waals surface area (Å²) >= 11 is 9.46. The first kappa shape index (κ1) is 15.7. The second kappa shape index (κ2) is 6.83. The lowest BCUT2D eigenvalue weighted by Gasteiger charge is -2.13. The van der Waals surface area contributed by atoms with Crippen molar-refractivity contribution in [3.05, 3.63) is 51.5 Å². The van der Waals surface area contributed by atoms with Gasteiger partial charge in [0.15, 0.2) is 0 Å². The number of ether oxygens (including phenoxy) is 1. The minimum atomic E-state index is -0.224. The molecule has 0 unspecified atom stereocenters. The fourth-order valence-electron chi connectivity index (χ4n) is 1.74. The summed E-state index contributed by atoms with van der Waals surface area (Å²) in [5.41, 5.74) is 6.68. The van der Waals surface area contributed by atoms with Gasteiger partial charge in [0.2, 0.25) is 0 Å². The topological polar surface area (TPSA) is 64.4 Å². The molecule has 3 N–H and O–H groups in total. The summed E-state index contributed by atoms with van der Waals surface area (Å²) < 4.78 is 6.59. The number of carbonyl (C=O) groups excluding carboxylic acids is 1. The standard InChI is InChI=1S/C15H14BrClN2O2/c1-2-19-15(20)11-5-4-10(18)8-13(11)21-14-7-9(16)3-6-12(14)17/h3-8H,2,18H2,1H3,(H,19,20). The SMILES string of the molecule is CCNC(=O)c1ccc(N)cc1Oc1cc(Br)ccc1Cl. The van der Waals surface area contributed by atoms with Crippen molar-refractivity contribution in [2.24, 2.45) is 0 Å². The minimum absolute atomic E-state index is 0.224. The van der Waals surface area contributed by atoms with Crippen LogP contribution in [0.25, 0.3) is 0 Å². The van der Waals surface area contributed by atoms with Gasteiger partial charge in [-0.15, -0.1) is 0 Å². The van der Waals surface area contributed by atoms with Gasteiger partial charge in [0.05, 0.1) is 10.6 Å². The van der Waals surface area contributed by atoms with E-state index in [9.17, 15) is 4.79 Å². The Morgan fingerprint density at radius 3 is 2.76 bits per heavy atom. The van der Waals surface area contributed by atoms with E-state index >= 15 is 0 Å². The van der Waals surface area contributed by atoms with Crippen LogP contribution in [-0.4, -0.2) is 12.5 Å². The fourth-order valence-corrected chi connectivity index (χ4v) is 2.24. The van der Waals surface area contributed by atoms with Gasteiger partial charge in [-0.25, -0.2) is 0 Å². The van der Waals surface area contributed by atoms with E-state index in [0.717, 1.165) is 4.47 Å². The summed E-state index contributed by atoms with van der Waals surface area (Å²) in [4.78, 5) is 12.0. The molecule has 2 aromatic rings. The van der Waals surface area contributed by atoms with E-state index < -0.39 is 0 Å². The van der Waals surface area contributed by atoms with E-state index in [2.05, 4.69) is 21.2 Å². The molecule has 0 aliphatic heterocycles. The monoisotopic (exact) mass is 368 g/mol. The van der Waals surface area contributed by atoms with Gasteiger partial charge >= 0.3 is 0 Å². The first-order chi connectivity index (χ1) is 10.0. The predicted molar refractivity (Wildman–Crippen MR) is 88.1 cm³/mol.